The molecule has 2 atom stereocenters. The Morgan fingerprint density at radius 1 is 1.18 bits per heavy atom. The van der Waals surface area contributed by atoms with Crippen molar-refractivity contribution in [2.24, 2.45) is 5.73 Å². The predicted molar refractivity (Wildman–Crippen MR) is 68.4 cm³/mol. The van der Waals surface area contributed by atoms with Crippen LogP contribution in [0.15, 0.2) is 22.7 Å². The summed E-state index contributed by atoms with van der Waals surface area (Å²) in [6.07, 6.45) is -2.31. The molecule has 1 fully saturated rings. The summed E-state index contributed by atoms with van der Waals surface area (Å²) >= 11 is 0. The molecular formula is C13H13F3N4O2. The highest BCUT2D eigenvalue weighted by atomic mass is 19.4. The molecule has 3 heterocycles. The molecule has 6 nitrogen and oxygen atoms in total. The Morgan fingerprint density at radius 2 is 2.00 bits per heavy atom. The normalized spacial score (nSPS) is 22.7. The van der Waals surface area contributed by atoms with E-state index in [9.17, 15) is 13.2 Å². The SMILES string of the molecule is N[C@@H]1CC[C@@H](c2nnc(-c3ccc(C(F)(F)F)nc3)o2)OC1. The van der Waals surface area contributed by atoms with Gasteiger partial charge < -0.3 is 14.9 Å². The minimum atomic E-state index is -4.48. The van der Waals surface area contributed by atoms with Gasteiger partial charge in [0.15, 0.2) is 0 Å². The predicted octanol–water partition coefficient (Wildman–Crippen LogP) is 2.33. The molecular weight excluding hydrogens is 301 g/mol. The van der Waals surface area contributed by atoms with Gasteiger partial charge in [-0.1, -0.05) is 0 Å². The number of ether oxygens (including phenoxy) is 1. The van der Waals surface area contributed by atoms with Gasteiger partial charge in [0.25, 0.3) is 0 Å². The number of hydrogen-bond acceptors (Lipinski definition) is 6. The largest absolute Gasteiger partial charge is 0.433 e. The van der Waals surface area contributed by atoms with Gasteiger partial charge in [-0.25, -0.2) is 0 Å². The quantitative estimate of drug-likeness (QED) is 0.915. The average Bonchev–Trinajstić information content (AvgIpc) is 2.97. The summed E-state index contributed by atoms with van der Waals surface area (Å²) in [5.74, 6) is 0.400. The number of aromatic nitrogens is 3. The van der Waals surface area contributed by atoms with E-state index in [4.69, 9.17) is 14.9 Å². The summed E-state index contributed by atoms with van der Waals surface area (Å²) in [4.78, 5) is 3.36. The van der Waals surface area contributed by atoms with Gasteiger partial charge in [-0.3, -0.25) is 4.98 Å². The van der Waals surface area contributed by atoms with Crippen molar-refractivity contribution in [1.29, 1.82) is 0 Å². The lowest BCUT2D eigenvalue weighted by Gasteiger charge is -2.23. The van der Waals surface area contributed by atoms with Crippen LogP contribution in [-0.4, -0.2) is 27.8 Å². The average molecular weight is 314 g/mol. The van der Waals surface area contributed by atoms with Crippen molar-refractivity contribution in [3.63, 3.8) is 0 Å². The molecule has 0 aliphatic carbocycles. The fourth-order valence-electron chi connectivity index (χ4n) is 2.14. The summed E-state index contributed by atoms with van der Waals surface area (Å²) in [5, 5.41) is 7.70. The standard InChI is InChI=1S/C13H13F3N4O2/c14-13(15,16)10-4-1-7(5-18-10)11-19-20-12(22-11)9-3-2-8(17)6-21-9/h1,4-5,8-9H,2-3,6,17H2/t8-,9+/m1/s1. The van der Waals surface area contributed by atoms with Crippen LogP contribution in [-0.2, 0) is 10.9 Å². The molecule has 0 unspecified atom stereocenters. The molecule has 2 aromatic heterocycles. The van der Waals surface area contributed by atoms with Crippen LogP contribution in [0.25, 0.3) is 11.5 Å². The van der Waals surface area contributed by atoms with Gasteiger partial charge in [0, 0.05) is 12.2 Å². The van der Waals surface area contributed by atoms with Crippen molar-refractivity contribution < 1.29 is 22.3 Å². The van der Waals surface area contributed by atoms with E-state index in [1.54, 1.807) is 0 Å². The molecule has 1 saturated heterocycles. The molecule has 0 amide bonds. The Bertz CT molecular complexity index is 633. The first-order chi connectivity index (χ1) is 10.4. The van der Waals surface area contributed by atoms with E-state index in [0.717, 1.165) is 18.7 Å². The van der Waals surface area contributed by atoms with Crippen LogP contribution < -0.4 is 5.73 Å². The first kappa shape index (κ1) is 14.9. The van der Waals surface area contributed by atoms with Crippen molar-refractivity contribution in [1.82, 2.24) is 15.2 Å². The van der Waals surface area contributed by atoms with E-state index < -0.39 is 11.9 Å². The van der Waals surface area contributed by atoms with Crippen molar-refractivity contribution in [3.05, 3.63) is 29.9 Å². The van der Waals surface area contributed by atoms with Gasteiger partial charge >= 0.3 is 6.18 Å². The molecule has 118 valence electrons. The number of alkyl halides is 3. The van der Waals surface area contributed by atoms with Crippen LogP contribution in [0.3, 0.4) is 0 Å². The van der Waals surface area contributed by atoms with Crippen LogP contribution in [0, 0.1) is 0 Å². The third kappa shape index (κ3) is 3.09. The molecule has 9 heteroatoms. The Morgan fingerprint density at radius 3 is 2.59 bits per heavy atom. The molecule has 0 bridgehead atoms. The van der Waals surface area contributed by atoms with Crippen LogP contribution in [0.5, 0.6) is 0 Å². The first-order valence-electron chi connectivity index (χ1n) is 6.67. The van der Waals surface area contributed by atoms with E-state index >= 15 is 0 Å². The van der Waals surface area contributed by atoms with Crippen LogP contribution in [0.2, 0.25) is 0 Å². The number of nitrogens with two attached hydrogens (primary N) is 1. The van der Waals surface area contributed by atoms with Gasteiger partial charge in [-0.2, -0.15) is 13.2 Å². The number of rotatable bonds is 2. The maximum absolute atomic E-state index is 12.5. The fraction of sp³-hybridized carbons (Fsp3) is 0.462. The maximum atomic E-state index is 12.5. The first-order valence-corrected chi connectivity index (χ1v) is 6.67. The van der Waals surface area contributed by atoms with E-state index in [1.807, 2.05) is 0 Å². The Kier molecular flexibility index (Phi) is 3.83. The van der Waals surface area contributed by atoms with Crippen LogP contribution in [0.4, 0.5) is 13.2 Å². The second kappa shape index (κ2) is 5.65. The lowest BCUT2D eigenvalue weighted by Crippen LogP contribution is -2.32. The van der Waals surface area contributed by atoms with Crippen molar-refractivity contribution in [3.8, 4) is 11.5 Å². The minimum Gasteiger partial charge on any atom is -0.418 e. The third-order valence-electron chi connectivity index (χ3n) is 3.33. The topological polar surface area (TPSA) is 87.1 Å². The molecule has 0 aromatic carbocycles. The number of nitrogens with zero attached hydrogens (tertiary/aromatic N) is 3. The molecule has 0 saturated carbocycles. The molecule has 3 rings (SSSR count). The van der Waals surface area contributed by atoms with E-state index in [2.05, 4.69) is 15.2 Å². The summed E-state index contributed by atoms with van der Waals surface area (Å²) in [5.41, 5.74) is 5.08. The van der Waals surface area contributed by atoms with Gasteiger partial charge in [0.2, 0.25) is 11.8 Å². The van der Waals surface area contributed by atoms with Gasteiger partial charge in [0.1, 0.15) is 11.8 Å². The Hall–Kier alpha value is -2.00. The second-order valence-electron chi connectivity index (χ2n) is 5.03. The highest BCUT2D eigenvalue weighted by Gasteiger charge is 2.32. The lowest BCUT2D eigenvalue weighted by molar-refractivity contribution is -0.141. The molecule has 1 aliphatic rings. The molecule has 0 radical (unpaired) electrons. The fourth-order valence-corrected chi connectivity index (χ4v) is 2.14. The zero-order valence-electron chi connectivity index (χ0n) is 11.4. The third-order valence-corrected chi connectivity index (χ3v) is 3.33. The summed E-state index contributed by atoms with van der Waals surface area (Å²) in [6.45, 7) is 0.407. The smallest absolute Gasteiger partial charge is 0.418 e. The monoisotopic (exact) mass is 314 g/mol. The molecule has 1 aliphatic heterocycles. The highest BCUT2D eigenvalue weighted by Crippen LogP contribution is 2.30. The summed E-state index contributed by atoms with van der Waals surface area (Å²) in [6, 6.07) is 2.11. The number of halogens is 3. The summed E-state index contributed by atoms with van der Waals surface area (Å²) in [7, 11) is 0. The molecule has 2 aromatic rings. The number of hydrogen-bond donors (Lipinski definition) is 1. The van der Waals surface area contributed by atoms with Crippen molar-refractivity contribution >= 4 is 0 Å². The van der Waals surface area contributed by atoms with E-state index in [-0.39, 0.29) is 18.0 Å². The second-order valence-corrected chi connectivity index (χ2v) is 5.03. The van der Waals surface area contributed by atoms with Gasteiger partial charge in [0.05, 0.1) is 12.2 Å². The zero-order valence-corrected chi connectivity index (χ0v) is 11.4. The molecule has 2 N–H and O–H groups in total. The lowest BCUT2D eigenvalue weighted by atomic mass is 10.1. The van der Waals surface area contributed by atoms with Gasteiger partial charge in [-0.15, -0.1) is 10.2 Å². The van der Waals surface area contributed by atoms with Crippen molar-refractivity contribution in [2.75, 3.05) is 6.61 Å². The Balaban J connectivity index is 1.76. The van der Waals surface area contributed by atoms with E-state index in [1.165, 1.54) is 6.07 Å². The zero-order chi connectivity index (χ0) is 15.7. The number of pyridine rings is 1. The van der Waals surface area contributed by atoms with Crippen molar-refractivity contribution in [2.45, 2.75) is 31.2 Å². The van der Waals surface area contributed by atoms with Crippen LogP contribution in [0.1, 0.15) is 30.5 Å². The van der Waals surface area contributed by atoms with E-state index in [0.29, 0.717) is 24.5 Å². The van der Waals surface area contributed by atoms with Gasteiger partial charge in [-0.05, 0) is 25.0 Å². The Labute approximate surface area is 123 Å². The molecule has 0 spiro atoms. The van der Waals surface area contributed by atoms with Crippen LogP contribution >= 0.6 is 0 Å². The highest BCUT2D eigenvalue weighted by molar-refractivity contribution is 5.50. The minimum absolute atomic E-state index is 0.00208. The summed E-state index contributed by atoms with van der Waals surface area (Å²) < 4.78 is 48.3. The molecule has 22 heavy (non-hydrogen) atoms. The maximum Gasteiger partial charge on any atom is 0.433 e.